The van der Waals surface area contributed by atoms with Crippen LogP contribution in [0.3, 0.4) is 0 Å². The second kappa shape index (κ2) is 9.82. The molecule has 0 aliphatic rings. The van der Waals surface area contributed by atoms with Gasteiger partial charge in [0.25, 0.3) is 0 Å². The summed E-state index contributed by atoms with van der Waals surface area (Å²) in [5.74, 6) is 0. The lowest BCUT2D eigenvalue weighted by Crippen LogP contribution is -2.50. The maximum absolute atomic E-state index is 12.2. The highest BCUT2D eigenvalue weighted by atomic mass is 35.5. The van der Waals surface area contributed by atoms with Crippen molar-refractivity contribution in [1.29, 1.82) is 0 Å². The molecule has 0 aromatic heterocycles. The number of oxime groups is 1. The van der Waals surface area contributed by atoms with Crippen LogP contribution in [0.15, 0.2) is 47.6 Å². The van der Waals surface area contributed by atoms with Crippen LogP contribution in [0.2, 0.25) is 15.1 Å². The molecule has 154 valence electrons. The predicted octanol–water partition coefficient (Wildman–Crippen LogP) is 6.17. The first-order valence-electron chi connectivity index (χ1n) is 8.39. The number of carbonyl (C=O) groups excluding carboxylic acids is 2. The molecule has 0 saturated heterocycles. The molecular formula is C19H19Cl3N4O3. The zero-order chi connectivity index (χ0) is 21.6. The number of carbonyl (C=O) groups is 2. The summed E-state index contributed by atoms with van der Waals surface area (Å²) in [4.78, 5) is 29.0. The fraction of sp³-hybridized carbons (Fsp3) is 0.211. The molecule has 3 N–H and O–H groups in total. The van der Waals surface area contributed by atoms with Gasteiger partial charge in [-0.3, -0.25) is 10.2 Å². The van der Waals surface area contributed by atoms with Gasteiger partial charge in [0.15, 0.2) is 0 Å². The molecule has 2 aromatic carbocycles. The zero-order valence-electron chi connectivity index (χ0n) is 15.8. The molecule has 0 radical (unpaired) electrons. The number of rotatable bonds is 5. The minimum atomic E-state index is -0.889. The first-order valence-corrected chi connectivity index (χ1v) is 9.53. The number of hydrogen-bond acceptors (Lipinski definition) is 4. The minimum Gasteiger partial charge on any atom is -0.328 e. The molecule has 0 heterocycles. The molecule has 3 amide bonds. The molecule has 7 nitrogen and oxygen atoms in total. The van der Waals surface area contributed by atoms with Crippen LogP contribution >= 0.6 is 34.8 Å². The number of nitrogens with zero attached hydrogens (tertiary/aromatic N) is 1. The molecule has 0 unspecified atom stereocenters. The van der Waals surface area contributed by atoms with Crippen LogP contribution in [-0.2, 0) is 4.84 Å². The van der Waals surface area contributed by atoms with E-state index in [0.717, 1.165) is 0 Å². The molecule has 0 saturated carbocycles. The van der Waals surface area contributed by atoms with Crippen molar-refractivity contribution in [1.82, 2.24) is 5.32 Å². The van der Waals surface area contributed by atoms with Crippen molar-refractivity contribution >= 4 is 64.0 Å². The summed E-state index contributed by atoms with van der Waals surface area (Å²) in [6.07, 6.45) is -0.816. The minimum absolute atomic E-state index is 0.293. The van der Waals surface area contributed by atoms with Gasteiger partial charge in [-0.1, -0.05) is 40.0 Å². The van der Waals surface area contributed by atoms with Gasteiger partial charge in [-0.25, -0.2) is 9.59 Å². The second-order valence-electron chi connectivity index (χ2n) is 6.52. The van der Waals surface area contributed by atoms with E-state index in [1.54, 1.807) is 57.2 Å². The van der Waals surface area contributed by atoms with Crippen LogP contribution in [-0.4, -0.2) is 23.4 Å². The largest absolute Gasteiger partial charge is 0.437 e. The lowest BCUT2D eigenvalue weighted by atomic mass is 10.0. The van der Waals surface area contributed by atoms with Gasteiger partial charge < -0.3 is 10.6 Å². The fourth-order valence-corrected chi connectivity index (χ4v) is 2.43. The molecule has 0 fully saturated rings. The van der Waals surface area contributed by atoms with Gasteiger partial charge in [0, 0.05) is 16.4 Å². The number of benzene rings is 2. The summed E-state index contributed by atoms with van der Waals surface area (Å²) in [5.41, 5.74) is 0.458. The average Bonchev–Trinajstić information content (AvgIpc) is 2.64. The van der Waals surface area contributed by atoms with E-state index in [2.05, 4.69) is 21.1 Å². The summed E-state index contributed by atoms with van der Waals surface area (Å²) in [6.45, 7) is 5.05. The lowest BCUT2D eigenvalue weighted by molar-refractivity contribution is 0.165. The molecule has 0 aliphatic heterocycles. The molecular weight excluding hydrogens is 439 g/mol. The molecule has 10 heteroatoms. The maximum Gasteiger partial charge on any atom is 0.437 e. The van der Waals surface area contributed by atoms with E-state index in [1.165, 1.54) is 6.07 Å². The van der Waals surface area contributed by atoms with E-state index in [0.29, 0.717) is 32.2 Å². The van der Waals surface area contributed by atoms with Crippen LogP contribution in [0, 0.1) is 0 Å². The number of nitrogens with one attached hydrogen (secondary N) is 3. The summed E-state index contributed by atoms with van der Waals surface area (Å²) >= 11 is 17.5. The second-order valence-corrected chi connectivity index (χ2v) is 7.77. The van der Waals surface area contributed by atoms with E-state index in [-0.39, 0.29) is 0 Å². The third-order valence-electron chi connectivity index (χ3n) is 3.86. The average molecular weight is 458 g/mol. The van der Waals surface area contributed by atoms with E-state index in [1.807, 2.05) is 0 Å². The van der Waals surface area contributed by atoms with Crippen LogP contribution in [0.1, 0.15) is 20.8 Å². The number of halogens is 3. The Morgan fingerprint density at radius 3 is 2.17 bits per heavy atom. The Labute approximate surface area is 183 Å². The van der Waals surface area contributed by atoms with Crippen molar-refractivity contribution in [2.24, 2.45) is 5.16 Å². The molecule has 0 bridgehead atoms. The third-order valence-corrected chi connectivity index (χ3v) is 4.86. The van der Waals surface area contributed by atoms with E-state index < -0.39 is 17.7 Å². The van der Waals surface area contributed by atoms with Gasteiger partial charge in [-0.05, 0) is 63.2 Å². The van der Waals surface area contributed by atoms with Gasteiger partial charge in [0.1, 0.15) is 0 Å². The number of urea groups is 1. The van der Waals surface area contributed by atoms with Gasteiger partial charge in [-0.15, -0.1) is 0 Å². The van der Waals surface area contributed by atoms with Crippen molar-refractivity contribution in [3.05, 3.63) is 57.5 Å². The summed E-state index contributed by atoms with van der Waals surface area (Å²) < 4.78 is 0. The zero-order valence-corrected chi connectivity index (χ0v) is 18.1. The van der Waals surface area contributed by atoms with E-state index in [9.17, 15) is 9.59 Å². The van der Waals surface area contributed by atoms with E-state index >= 15 is 0 Å². The normalized spacial score (nSPS) is 11.6. The van der Waals surface area contributed by atoms with Gasteiger partial charge in [0.2, 0.25) is 0 Å². The molecule has 2 aromatic rings. The van der Waals surface area contributed by atoms with Crippen LogP contribution < -0.4 is 16.0 Å². The number of anilines is 2. The topological polar surface area (TPSA) is 91.8 Å². The number of amides is 3. The Balaban J connectivity index is 1.91. The van der Waals surface area contributed by atoms with Gasteiger partial charge in [-0.2, -0.15) is 0 Å². The summed E-state index contributed by atoms with van der Waals surface area (Å²) in [7, 11) is 0. The first kappa shape index (κ1) is 22.8. The highest BCUT2D eigenvalue weighted by molar-refractivity contribution is 6.42. The molecule has 0 atom stereocenters. The smallest absolute Gasteiger partial charge is 0.328 e. The number of hydrogen-bond donors (Lipinski definition) is 3. The molecule has 0 spiro atoms. The van der Waals surface area contributed by atoms with E-state index in [4.69, 9.17) is 39.6 Å². The molecule has 2 rings (SSSR count). The van der Waals surface area contributed by atoms with Crippen molar-refractivity contribution in [3.63, 3.8) is 0 Å². The maximum atomic E-state index is 12.2. The Bertz CT molecular complexity index is 931. The molecule has 0 aliphatic carbocycles. The van der Waals surface area contributed by atoms with Crippen molar-refractivity contribution in [2.75, 3.05) is 10.6 Å². The summed E-state index contributed by atoms with van der Waals surface area (Å²) in [5, 5.41) is 12.9. The Morgan fingerprint density at radius 2 is 1.55 bits per heavy atom. The predicted molar refractivity (Wildman–Crippen MR) is 117 cm³/mol. The van der Waals surface area contributed by atoms with Crippen molar-refractivity contribution < 1.29 is 14.4 Å². The monoisotopic (exact) mass is 456 g/mol. The Morgan fingerprint density at radius 1 is 0.931 bits per heavy atom. The van der Waals surface area contributed by atoms with Crippen molar-refractivity contribution in [2.45, 2.75) is 26.3 Å². The Hall–Kier alpha value is -2.48. The standard InChI is InChI=1S/C19H19Cl3N4O3/c1-11(26-29-18(28)24-14-8-9-15(21)16(22)10-14)19(2,3)25-17(27)23-13-6-4-12(20)5-7-13/h4-10H,1-3H3,(H,24,28)(H2,23,25,27)/b26-11-. The van der Waals surface area contributed by atoms with Gasteiger partial charge in [0.05, 0.1) is 21.3 Å². The fourth-order valence-electron chi connectivity index (χ4n) is 2.01. The highest BCUT2D eigenvalue weighted by Gasteiger charge is 2.25. The van der Waals surface area contributed by atoms with Gasteiger partial charge >= 0.3 is 12.1 Å². The van der Waals surface area contributed by atoms with Crippen LogP contribution in [0.25, 0.3) is 0 Å². The SMILES string of the molecule is C/C(=N/OC(=O)Nc1ccc(Cl)c(Cl)c1)C(C)(C)NC(=O)Nc1ccc(Cl)cc1. The first-order chi connectivity index (χ1) is 13.6. The molecule has 29 heavy (non-hydrogen) atoms. The lowest BCUT2D eigenvalue weighted by Gasteiger charge is -2.25. The summed E-state index contributed by atoms with van der Waals surface area (Å²) in [6, 6.07) is 10.8. The quantitative estimate of drug-likeness (QED) is 0.285. The third kappa shape index (κ3) is 7.12. The van der Waals surface area contributed by atoms with Crippen LogP contribution in [0.5, 0.6) is 0 Å². The van der Waals surface area contributed by atoms with Crippen LogP contribution in [0.4, 0.5) is 21.0 Å². The van der Waals surface area contributed by atoms with Crippen molar-refractivity contribution in [3.8, 4) is 0 Å². The highest BCUT2D eigenvalue weighted by Crippen LogP contribution is 2.25. The Kier molecular flexibility index (Phi) is 7.73.